The van der Waals surface area contributed by atoms with Crippen LogP contribution in [0.25, 0.3) is 0 Å². The van der Waals surface area contributed by atoms with Crippen molar-refractivity contribution in [2.24, 2.45) is 5.41 Å². The summed E-state index contributed by atoms with van der Waals surface area (Å²) in [7, 11) is 1.66. The van der Waals surface area contributed by atoms with E-state index in [0.717, 1.165) is 38.1 Å². The maximum atomic E-state index is 12.2. The average molecular weight is 275 g/mol. The standard InChI is InChI=1S/C17H25NO2/c1-17(2)10-12-18(13-11-17)16(19)9-6-14-4-7-15(20-3)8-5-14/h4-5,7-8H,6,9-13H2,1-3H3. The van der Waals surface area contributed by atoms with E-state index >= 15 is 0 Å². The molecule has 1 aromatic carbocycles. The minimum Gasteiger partial charge on any atom is -0.497 e. The summed E-state index contributed by atoms with van der Waals surface area (Å²) in [5, 5.41) is 0. The van der Waals surface area contributed by atoms with E-state index in [2.05, 4.69) is 13.8 Å². The SMILES string of the molecule is COc1ccc(CCC(=O)N2CCC(C)(C)CC2)cc1. The number of ether oxygens (including phenoxy) is 1. The van der Waals surface area contributed by atoms with Gasteiger partial charge in [-0.05, 0) is 42.4 Å². The van der Waals surface area contributed by atoms with Crippen LogP contribution in [0.2, 0.25) is 0 Å². The largest absolute Gasteiger partial charge is 0.497 e. The molecule has 1 aromatic rings. The van der Waals surface area contributed by atoms with Crippen molar-refractivity contribution in [3.8, 4) is 5.75 Å². The maximum Gasteiger partial charge on any atom is 0.222 e. The fourth-order valence-electron chi connectivity index (χ4n) is 2.56. The van der Waals surface area contributed by atoms with E-state index < -0.39 is 0 Å². The van der Waals surface area contributed by atoms with Crippen LogP contribution in [-0.2, 0) is 11.2 Å². The molecule has 0 unspecified atom stereocenters. The minimum atomic E-state index is 0.288. The molecule has 0 atom stereocenters. The van der Waals surface area contributed by atoms with E-state index in [1.54, 1.807) is 7.11 Å². The normalized spacial score (nSPS) is 17.9. The van der Waals surface area contributed by atoms with Gasteiger partial charge in [0.05, 0.1) is 7.11 Å². The second-order valence-corrected chi connectivity index (χ2v) is 6.39. The van der Waals surface area contributed by atoms with Crippen LogP contribution < -0.4 is 4.74 Å². The lowest BCUT2D eigenvalue weighted by molar-refractivity contribution is -0.133. The first kappa shape index (κ1) is 14.9. The Balaban J connectivity index is 1.80. The zero-order valence-corrected chi connectivity index (χ0v) is 12.8. The van der Waals surface area contributed by atoms with Gasteiger partial charge in [-0.1, -0.05) is 26.0 Å². The molecule has 0 bridgehead atoms. The van der Waals surface area contributed by atoms with E-state index in [-0.39, 0.29) is 5.91 Å². The van der Waals surface area contributed by atoms with Crippen molar-refractivity contribution in [2.75, 3.05) is 20.2 Å². The number of methoxy groups -OCH3 is 1. The molecule has 0 aromatic heterocycles. The molecule has 110 valence electrons. The zero-order chi connectivity index (χ0) is 14.6. The highest BCUT2D eigenvalue weighted by atomic mass is 16.5. The number of benzene rings is 1. The third-order valence-electron chi connectivity index (χ3n) is 4.26. The van der Waals surface area contributed by atoms with Crippen molar-refractivity contribution < 1.29 is 9.53 Å². The van der Waals surface area contributed by atoms with Crippen molar-refractivity contribution in [1.29, 1.82) is 0 Å². The van der Waals surface area contributed by atoms with Crippen molar-refractivity contribution >= 4 is 5.91 Å². The van der Waals surface area contributed by atoms with E-state index in [0.29, 0.717) is 11.8 Å². The van der Waals surface area contributed by atoms with E-state index in [1.165, 1.54) is 5.56 Å². The molecule has 1 fully saturated rings. The quantitative estimate of drug-likeness (QED) is 0.844. The molecule has 0 aliphatic carbocycles. The molecule has 0 radical (unpaired) electrons. The number of hydrogen-bond acceptors (Lipinski definition) is 2. The summed E-state index contributed by atoms with van der Waals surface area (Å²) < 4.78 is 5.13. The van der Waals surface area contributed by atoms with Gasteiger partial charge in [0.25, 0.3) is 0 Å². The van der Waals surface area contributed by atoms with E-state index in [1.807, 2.05) is 29.2 Å². The average Bonchev–Trinajstić information content (AvgIpc) is 2.45. The Labute approximate surface area is 121 Å². The maximum absolute atomic E-state index is 12.2. The number of rotatable bonds is 4. The van der Waals surface area contributed by atoms with Gasteiger partial charge >= 0.3 is 0 Å². The summed E-state index contributed by atoms with van der Waals surface area (Å²) >= 11 is 0. The number of carbonyl (C=O) groups is 1. The highest BCUT2D eigenvalue weighted by Crippen LogP contribution is 2.29. The van der Waals surface area contributed by atoms with Crippen molar-refractivity contribution in [3.05, 3.63) is 29.8 Å². The van der Waals surface area contributed by atoms with Gasteiger partial charge in [-0.3, -0.25) is 4.79 Å². The summed E-state index contributed by atoms with van der Waals surface area (Å²) in [5.74, 6) is 1.15. The van der Waals surface area contributed by atoms with E-state index in [9.17, 15) is 4.79 Å². The Kier molecular flexibility index (Phi) is 4.69. The molecule has 3 heteroatoms. The Hall–Kier alpha value is -1.51. The number of aryl methyl sites for hydroxylation is 1. The van der Waals surface area contributed by atoms with Crippen molar-refractivity contribution in [1.82, 2.24) is 4.90 Å². The third kappa shape index (κ3) is 3.99. The number of amides is 1. The van der Waals surface area contributed by atoms with Crippen LogP contribution in [-0.4, -0.2) is 31.0 Å². The minimum absolute atomic E-state index is 0.288. The van der Waals surface area contributed by atoms with Crippen molar-refractivity contribution in [2.45, 2.75) is 39.5 Å². The fraction of sp³-hybridized carbons (Fsp3) is 0.588. The van der Waals surface area contributed by atoms with Crippen molar-refractivity contribution in [3.63, 3.8) is 0 Å². The molecule has 0 N–H and O–H groups in total. The second-order valence-electron chi connectivity index (χ2n) is 6.39. The molecule has 2 rings (SSSR count). The number of hydrogen-bond donors (Lipinski definition) is 0. The highest BCUT2D eigenvalue weighted by Gasteiger charge is 2.27. The first-order valence-electron chi connectivity index (χ1n) is 7.41. The Bertz CT molecular complexity index is 441. The lowest BCUT2D eigenvalue weighted by atomic mass is 9.82. The monoisotopic (exact) mass is 275 g/mol. The number of nitrogens with zero attached hydrogens (tertiary/aromatic N) is 1. The van der Waals surface area contributed by atoms with Crippen LogP contribution >= 0.6 is 0 Å². The van der Waals surface area contributed by atoms with Gasteiger partial charge in [0.15, 0.2) is 0 Å². The lowest BCUT2D eigenvalue weighted by Crippen LogP contribution is -2.41. The zero-order valence-electron chi connectivity index (χ0n) is 12.8. The van der Waals surface area contributed by atoms with Crippen LogP contribution in [0.3, 0.4) is 0 Å². The first-order chi connectivity index (χ1) is 9.50. The topological polar surface area (TPSA) is 29.5 Å². The number of carbonyl (C=O) groups excluding carboxylic acids is 1. The summed E-state index contributed by atoms with van der Waals surface area (Å²) in [6.07, 6.45) is 3.64. The molecule has 0 saturated carbocycles. The molecule has 1 amide bonds. The Morgan fingerprint density at radius 3 is 2.35 bits per heavy atom. The smallest absolute Gasteiger partial charge is 0.222 e. The summed E-state index contributed by atoms with van der Waals surface area (Å²) in [5.41, 5.74) is 1.59. The number of likely N-dealkylation sites (tertiary alicyclic amines) is 1. The molecule has 1 heterocycles. The molecule has 3 nitrogen and oxygen atoms in total. The predicted octanol–water partition coefficient (Wildman–Crippen LogP) is 3.28. The molecule has 1 aliphatic heterocycles. The molecular weight excluding hydrogens is 250 g/mol. The van der Waals surface area contributed by atoms with Gasteiger partial charge in [-0.25, -0.2) is 0 Å². The van der Waals surface area contributed by atoms with Crippen LogP contribution in [0.1, 0.15) is 38.7 Å². The van der Waals surface area contributed by atoms with Crippen LogP contribution in [0.5, 0.6) is 5.75 Å². The molecule has 1 aliphatic rings. The molecule has 0 spiro atoms. The van der Waals surface area contributed by atoms with Gasteiger partial charge in [-0.2, -0.15) is 0 Å². The molecule has 1 saturated heterocycles. The van der Waals surface area contributed by atoms with Crippen LogP contribution in [0, 0.1) is 5.41 Å². The van der Waals surface area contributed by atoms with Gasteiger partial charge in [0.2, 0.25) is 5.91 Å². The first-order valence-corrected chi connectivity index (χ1v) is 7.41. The molecular formula is C17H25NO2. The van der Waals surface area contributed by atoms with Crippen LogP contribution in [0.15, 0.2) is 24.3 Å². The Morgan fingerprint density at radius 1 is 1.20 bits per heavy atom. The van der Waals surface area contributed by atoms with Gasteiger partial charge in [0, 0.05) is 19.5 Å². The Morgan fingerprint density at radius 2 is 1.80 bits per heavy atom. The summed E-state index contributed by atoms with van der Waals surface area (Å²) in [4.78, 5) is 14.2. The highest BCUT2D eigenvalue weighted by molar-refractivity contribution is 5.76. The number of piperidine rings is 1. The molecule has 20 heavy (non-hydrogen) atoms. The fourth-order valence-corrected chi connectivity index (χ4v) is 2.56. The second kappa shape index (κ2) is 6.29. The lowest BCUT2D eigenvalue weighted by Gasteiger charge is -2.37. The summed E-state index contributed by atoms with van der Waals surface area (Å²) in [6, 6.07) is 7.96. The summed E-state index contributed by atoms with van der Waals surface area (Å²) in [6.45, 7) is 6.39. The van der Waals surface area contributed by atoms with E-state index in [4.69, 9.17) is 4.74 Å². The van der Waals surface area contributed by atoms with Gasteiger partial charge < -0.3 is 9.64 Å². The van der Waals surface area contributed by atoms with Gasteiger partial charge in [-0.15, -0.1) is 0 Å². The third-order valence-corrected chi connectivity index (χ3v) is 4.26. The predicted molar refractivity (Wildman–Crippen MR) is 80.9 cm³/mol. The van der Waals surface area contributed by atoms with Crippen LogP contribution in [0.4, 0.5) is 0 Å². The van der Waals surface area contributed by atoms with Gasteiger partial charge in [0.1, 0.15) is 5.75 Å².